The second-order valence-electron chi connectivity index (χ2n) is 4.36. The van der Waals surface area contributed by atoms with E-state index in [-0.39, 0.29) is 11.4 Å². The van der Waals surface area contributed by atoms with E-state index in [2.05, 4.69) is 10.3 Å². The zero-order chi connectivity index (χ0) is 13.1. The van der Waals surface area contributed by atoms with Gasteiger partial charge in [-0.2, -0.15) is 0 Å². The van der Waals surface area contributed by atoms with E-state index in [0.29, 0.717) is 0 Å². The first-order chi connectivity index (χ1) is 7.78. The molecule has 0 saturated heterocycles. The van der Waals surface area contributed by atoms with Gasteiger partial charge in [-0.15, -0.1) is 0 Å². The molecule has 1 amide bonds. The number of rotatable bonds is 2. The molecule has 6 heteroatoms. The zero-order valence-corrected chi connectivity index (χ0v) is 9.85. The van der Waals surface area contributed by atoms with E-state index in [1.807, 2.05) is 0 Å². The fourth-order valence-corrected chi connectivity index (χ4v) is 1.07. The molecule has 1 aromatic heterocycles. The molecule has 2 N–H and O–H groups in total. The van der Waals surface area contributed by atoms with Crippen molar-refractivity contribution in [2.45, 2.75) is 26.4 Å². The lowest BCUT2D eigenvalue weighted by atomic mass is 10.2. The number of hydrogen-bond acceptors (Lipinski definition) is 4. The number of carbonyl (C=O) groups is 2. The van der Waals surface area contributed by atoms with Crippen molar-refractivity contribution in [3.05, 3.63) is 24.0 Å². The van der Waals surface area contributed by atoms with Crippen molar-refractivity contribution in [1.29, 1.82) is 0 Å². The topological polar surface area (TPSA) is 88.5 Å². The summed E-state index contributed by atoms with van der Waals surface area (Å²) in [5, 5.41) is 10.7. The SMILES string of the molecule is CC(C)(C)OC(=O)c1cc(NC(=O)O)ccn1. The molecule has 92 valence electrons. The van der Waals surface area contributed by atoms with Crippen molar-refractivity contribution < 1.29 is 19.4 Å². The highest BCUT2D eigenvalue weighted by Crippen LogP contribution is 2.13. The van der Waals surface area contributed by atoms with E-state index in [1.54, 1.807) is 20.8 Å². The second kappa shape index (κ2) is 4.82. The summed E-state index contributed by atoms with van der Waals surface area (Å²) in [6.07, 6.45) is 0.135. The Balaban J connectivity index is 2.84. The fourth-order valence-electron chi connectivity index (χ4n) is 1.07. The molecule has 0 fully saturated rings. The van der Waals surface area contributed by atoms with Gasteiger partial charge in [-0.25, -0.2) is 14.6 Å². The molecule has 0 aliphatic rings. The molecule has 0 aliphatic heterocycles. The highest BCUT2D eigenvalue weighted by atomic mass is 16.6. The zero-order valence-electron chi connectivity index (χ0n) is 9.85. The monoisotopic (exact) mass is 238 g/mol. The van der Waals surface area contributed by atoms with E-state index in [1.165, 1.54) is 18.3 Å². The van der Waals surface area contributed by atoms with Crippen LogP contribution < -0.4 is 5.32 Å². The average Bonchev–Trinajstić information content (AvgIpc) is 2.14. The molecule has 6 nitrogen and oxygen atoms in total. The molecule has 0 atom stereocenters. The van der Waals surface area contributed by atoms with Gasteiger partial charge in [0.15, 0.2) is 0 Å². The van der Waals surface area contributed by atoms with Gasteiger partial charge >= 0.3 is 12.1 Å². The summed E-state index contributed by atoms with van der Waals surface area (Å²) >= 11 is 0. The summed E-state index contributed by atoms with van der Waals surface area (Å²) in [5.41, 5.74) is -0.283. The maximum atomic E-state index is 11.6. The molecule has 1 heterocycles. The number of amides is 1. The van der Waals surface area contributed by atoms with Gasteiger partial charge in [0.2, 0.25) is 0 Å². The number of carbonyl (C=O) groups excluding carboxylic acids is 1. The molecule has 0 radical (unpaired) electrons. The second-order valence-corrected chi connectivity index (χ2v) is 4.36. The third kappa shape index (κ3) is 4.50. The number of hydrogen-bond donors (Lipinski definition) is 2. The largest absolute Gasteiger partial charge is 0.465 e. The van der Waals surface area contributed by atoms with Crippen LogP contribution in [0.4, 0.5) is 10.5 Å². The summed E-state index contributed by atoms with van der Waals surface area (Å²) < 4.78 is 5.11. The van der Waals surface area contributed by atoms with Crippen molar-refractivity contribution in [1.82, 2.24) is 4.98 Å². The Kier molecular flexibility index (Phi) is 3.67. The number of esters is 1. The van der Waals surface area contributed by atoms with Crippen LogP contribution in [-0.2, 0) is 4.74 Å². The maximum absolute atomic E-state index is 11.6. The summed E-state index contributed by atoms with van der Waals surface area (Å²) in [6.45, 7) is 5.22. The van der Waals surface area contributed by atoms with Crippen LogP contribution >= 0.6 is 0 Å². The molecule has 0 aliphatic carbocycles. The van der Waals surface area contributed by atoms with Crippen molar-refractivity contribution in [2.75, 3.05) is 5.32 Å². The Hall–Kier alpha value is -2.11. The normalized spacial score (nSPS) is 10.8. The van der Waals surface area contributed by atoms with E-state index in [4.69, 9.17) is 9.84 Å². The van der Waals surface area contributed by atoms with Crippen molar-refractivity contribution in [3.8, 4) is 0 Å². The highest BCUT2D eigenvalue weighted by Gasteiger charge is 2.19. The Labute approximate surface area is 98.6 Å². The van der Waals surface area contributed by atoms with Crippen LogP contribution in [-0.4, -0.2) is 27.8 Å². The van der Waals surface area contributed by atoms with Gasteiger partial charge in [-0.05, 0) is 32.9 Å². The number of carboxylic acid groups (broad SMARTS) is 1. The van der Waals surface area contributed by atoms with Gasteiger partial charge in [0, 0.05) is 11.9 Å². The molecule has 0 spiro atoms. The van der Waals surface area contributed by atoms with Crippen molar-refractivity contribution in [2.24, 2.45) is 0 Å². The minimum Gasteiger partial charge on any atom is -0.465 e. The van der Waals surface area contributed by atoms with Crippen LogP contribution in [0.25, 0.3) is 0 Å². The van der Waals surface area contributed by atoms with Crippen LogP contribution in [0.3, 0.4) is 0 Å². The summed E-state index contributed by atoms with van der Waals surface area (Å²) in [5.74, 6) is -0.591. The number of pyridine rings is 1. The number of ether oxygens (including phenoxy) is 1. The first kappa shape index (κ1) is 13.0. The van der Waals surface area contributed by atoms with E-state index >= 15 is 0 Å². The summed E-state index contributed by atoms with van der Waals surface area (Å²) in [4.78, 5) is 25.9. The maximum Gasteiger partial charge on any atom is 0.409 e. The van der Waals surface area contributed by atoms with Crippen molar-refractivity contribution in [3.63, 3.8) is 0 Å². The van der Waals surface area contributed by atoms with Crippen LogP contribution in [0.1, 0.15) is 31.3 Å². The Bertz CT molecular complexity index is 437. The number of nitrogens with one attached hydrogen (secondary N) is 1. The molecule has 1 aromatic rings. The Morgan fingerprint density at radius 3 is 2.59 bits per heavy atom. The van der Waals surface area contributed by atoms with Gasteiger partial charge in [-0.1, -0.05) is 0 Å². The quantitative estimate of drug-likeness (QED) is 0.770. The van der Waals surface area contributed by atoms with Crippen LogP contribution in [0.5, 0.6) is 0 Å². The summed E-state index contributed by atoms with van der Waals surface area (Å²) in [7, 11) is 0. The van der Waals surface area contributed by atoms with Crippen molar-refractivity contribution >= 4 is 17.7 Å². The van der Waals surface area contributed by atoms with E-state index < -0.39 is 17.7 Å². The van der Waals surface area contributed by atoms with Crippen LogP contribution in [0, 0.1) is 0 Å². The number of anilines is 1. The first-order valence-corrected chi connectivity index (χ1v) is 4.97. The molecule has 0 unspecified atom stereocenters. The number of aromatic nitrogens is 1. The van der Waals surface area contributed by atoms with Gasteiger partial charge in [0.05, 0.1) is 0 Å². The lowest BCUT2D eigenvalue weighted by molar-refractivity contribution is 0.00628. The number of nitrogens with zero attached hydrogens (tertiary/aromatic N) is 1. The third-order valence-corrected chi connectivity index (χ3v) is 1.62. The summed E-state index contributed by atoms with van der Waals surface area (Å²) in [6, 6.07) is 2.77. The Morgan fingerprint density at radius 2 is 2.06 bits per heavy atom. The minimum absolute atomic E-state index is 0.0613. The molecule has 0 saturated carbocycles. The van der Waals surface area contributed by atoms with Gasteiger partial charge in [-0.3, -0.25) is 5.32 Å². The standard InChI is InChI=1S/C11H14N2O4/c1-11(2,3)17-9(14)8-6-7(4-5-12-8)13-10(15)16/h4-6H,1-3H3,(H,12,13)(H,15,16). The molecule has 17 heavy (non-hydrogen) atoms. The first-order valence-electron chi connectivity index (χ1n) is 4.97. The minimum atomic E-state index is -1.20. The fraction of sp³-hybridized carbons (Fsp3) is 0.364. The Morgan fingerprint density at radius 1 is 1.41 bits per heavy atom. The molecular formula is C11H14N2O4. The lowest BCUT2D eigenvalue weighted by Gasteiger charge is -2.19. The molecule has 0 aromatic carbocycles. The average molecular weight is 238 g/mol. The predicted octanol–water partition coefficient (Wildman–Crippen LogP) is 2.13. The van der Waals surface area contributed by atoms with Gasteiger partial charge in [0.25, 0.3) is 0 Å². The lowest BCUT2D eigenvalue weighted by Crippen LogP contribution is -2.24. The third-order valence-electron chi connectivity index (χ3n) is 1.62. The van der Waals surface area contributed by atoms with Gasteiger partial charge < -0.3 is 9.84 Å². The molecule has 0 bridgehead atoms. The highest BCUT2D eigenvalue weighted by molar-refractivity contribution is 5.90. The van der Waals surface area contributed by atoms with Gasteiger partial charge in [0.1, 0.15) is 11.3 Å². The van der Waals surface area contributed by atoms with Crippen LogP contribution in [0.15, 0.2) is 18.3 Å². The molecule has 1 rings (SSSR count). The van der Waals surface area contributed by atoms with E-state index in [9.17, 15) is 9.59 Å². The van der Waals surface area contributed by atoms with E-state index in [0.717, 1.165) is 0 Å². The van der Waals surface area contributed by atoms with Crippen LogP contribution in [0.2, 0.25) is 0 Å². The molecular weight excluding hydrogens is 224 g/mol. The predicted molar refractivity (Wildman–Crippen MR) is 61.1 cm³/mol. The smallest absolute Gasteiger partial charge is 0.409 e.